The zero-order valence-electron chi connectivity index (χ0n) is 8.35. The lowest BCUT2D eigenvalue weighted by Gasteiger charge is -2.20. The molecule has 0 aliphatic carbocycles. The molecule has 1 heteroatoms. The van der Waals surface area contributed by atoms with E-state index in [1.807, 2.05) is 0 Å². The molecule has 0 amide bonds. The third-order valence-electron chi connectivity index (χ3n) is 1.85. The first-order chi connectivity index (χ1) is 5.26. The summed E-state index contributed by atoms with van der Waals surface area (Å²) in [5, 5.41) is 0. The first-order valence-electron chi connectivity index (χ1n) is 4.66. The van der Waals surface area contributed by atoms with Crippen molar-refractivity contribution in [1.82, 2.24) is 4.90 Å². The van der Waals surface area contributed by atoms with E-state index in [9.17, 15) is 0 Å². The first kappa shape index (κ1) is 10.5. The van der Waals surface area contributed by atoms with E-state index in [4.69, 9.17) is 0 Å². The highest BCUT2D eigenvalue weighted by atomic mass is 15.1. The maximum absolute atomic E-state index is 2.35. The van der Waals surface area contributed by atoms with Gasteiger partial charge in [0.05, 0.1) is 0 Å². The lowest BCUT2D eigenvalue weighted by atomic mass is 10.2. The van der Waals surface area contributed by atoms with Crippen LogP contribution in [-0.2, 0) is 0 Å². The molecule has 0 fully saturated rings. The largest absolute Gasteiger partial charge is 0.378 e. The molecule has 0 aromatic carbocycles. The second kappa shape index (κ2) is 6.26. The summed E-state index contributed by atoms with van der Waals surface area (Å²) in [5.41, 5.74) is 1.48. The molecule has 0 saturated heterocycles. The molecule has 0 atom stereocenters. The van der Waals surface area contributed by atoms with Crippen molar-refractivity contribution in [3.05, 3.63) is 11.8 Å². The van der Waals surface area contributed by atoms with Gasteiger partial charge in [-0.05, 0) is 19.3 Å². The van der Waals surface area contributed by atoms with E-state index in [-0.39, 0.29) is 0 Å². The van der Waals surface area contributed by atoms with Gasteiger partial charge in [-0.25, -0.2) is 0 Å². The molecule has 11 heavy (non-hydrogen) atoms. The Hall–Kier alpha value is -0.460. The van der Waals surface area contributed by atoms with E-state index < -0.39 is 0 Å². The number of rotatable bonds is 5. The Bertz CT molecular complexity index is 116. The van der Waals surface area contributed by atoms with Crippen molar-refractivity contribution < 1.29 is 0 Å². The van der Waals surface area contributed by atoms with E-state index in [1.54, 1.807) is 0 Å². The first-order valence-corrected chi connectivity index (χ1v) is 4.66. The van der Waals surface area contributed by atoms with Gasteiger partial charge in [-0.3, -0.25) is 0 Å². The van der Waals surface area contributed by atoms with E-state index >= 15 is 0 Å². The van der Waals surface area contributed by atoms with Gasteiger partial charge >= 0.3 is 0 Å². The van der Waals surface area contributed by atoms with Crippen molar-refractivity contribution in [3.8, 4) is 0 Å². The topological polar surface area (TPSA) is 3.24 Å². The molecule has 0 heterocycles. The normalized spacial score (nSPS) is 11.8. The van der Waals surface area contributed by atoms with Gasteiger partial charge in [-0.1, -0.05) is 26.8 Å². The molecule has 0 N–H and O–H groups in total. The fourth-order valence-corrected chi connectivity index (χ4v) is 1.28. The molecule has 1 nitrogen and oxygen atoms in total. The molecule has 0 aliphatic heterocycles. The quantitative estimate of drug-likeness (QED) is 0.590. The SMILES string of the molecule is CC/C=C(\CC)N(C)CCC. The average molecular weight is 155 g/mol. The van der Waals surface area contributed by atoms with Crippen molar-refractivity contribution in [2.75, 3.05) is 13.6 Å². The predicted molar refractivity (Wildman–Crippen MR) is 51.6 cm³/mol. The fraction of sp³-hybridized carbons (Fsp3) is 0.800. The van der Waals surface area contributed by atoms with E-state index in [1.165, 1.54) is 18.7 Å². The number of hydrogen-bond acceptors (Lipinski definition) is 1. The molecular weight excluding hydrogens is 134 g/mol. The van der Waals surface area contributed by atoms with Gasteiger partial charge in [0, 0.05) is 19.3 Å². The molecule has 0 aromatic rings. The summed E-state index contributed by atoms with van der Waals surface area (Å²) in [7, 11) is 2.18. The highest BCUT2D eigenvalue weighted by molar-refractivity contribution is 4.98. The maximum Gasteiger partial charge on any atom is 0.0169 e. The second-order valence-corrected chi connectivity index (χ2v) is 2.88. The standard InChI is InChI=1S/C10H21N/c1-5-8-10(7-3)11(4)9-6-2/h8H,5-7,9H2,1-4H3/b10-8+. The Balaban J connectivity index is 3.91. The summed E-state index contributed by atoms with van der Waals surface area (Å²) in [5.74, 6) is 0. The van der Waals surface area contributed by atoms with Crippen LogP contribution >= 0.6 is 0 Å². The van der Waals surface area contributed by atoms with Crippen molar-refractivity contribution in [1.29, 1.82) is 0 Å². The van der Waals surface area contributed by atoms with Gasteiger partial charge in [0.2, 0.25) is 0 Å². The fourth-order valence-electron chi connectivity index (χ4n) is 1.28. The Labute approximate surface area is 71.1 Å². The number of hydrogen-bond donors (Lipinski definition) is 0. The highest BCUT2D eigenvalue weighted by Gasteiger charge is 1.98. The molecule has 0 radical (unpaired) electrons. The van der Waals surface area contributed by atoms with Crippen LogP contribution in [-0.4, -0.2) is 18.5 Å². The third-order valence-corrected chi connectivity index (χ3v) is 1.85. The van der Waals surface area contributed by atoms with Gasteiger partial charge in [0.25, 0.3) is 0 Å². The van der Waals surface area contributed by atoms with Gasteiger partial charge in [-0.2, -0.15) is 0 Å². The smallest absolute Gasteiger partial charge is 0.0169 e. The van der Waals surface area contributed by atoms with Crippen LogP contribution in [0.3, 0.4) is 0 Å². The van der Waals surface area contributed by atoms with Crippen LogP contribution in [0.5, 0.6) is 0 Å². The molecular formula is C10H21N. The van der Waals surface area contributed by atoms with Gasteiger partial charge in [-0.15, -0.1) is 0 Å². The molecule has 0 unspecified atom stereocenters. The Morgan fingerprint density at radius 2 is 1.91 bits per heavy atom. The summed E-state index contributed by atoms with van der Waals surface area (Å²) in [4.78, 5) is 2.35. The van der Waals surface area contributed by atoms with Gasteiger partial charge < -0.3 is 4.90 Å². The van der Waals surface area contributed by atoms with Crippen molar-refractivity contribution in [2.24, 2.45) is 0 Å². The monoisotopic (exact) mass is 155 g/mol. The molecule has 0 aliphatic rings. The Kier molecular flexibility index (Phi) is 6.00. The molecule has 0 spiro atoms. The molecule has 0 saturated carbocycles. The molecule has 66 valence electrons. The molecule has 0 rings (SSSR count). The Morgan fingerprint density at radius 1 is 1.27 bits per heavy atom. The zero-order valence-corrected chi connectivity index (χ0v) is 8.35. The predicted octanol–water partition coefficient (Wildman–Crippen LogP) is 3.03. The van der Waals surface area contributed by atoms with Crippen LogP contribution in [0, 0.1) is 0 Å². The van der Waals surface area contributed by atoms with Crippen molar-refractivity contribution in [2.45, 2.75) is 40.0 Å². The van der Waals surface area contributed by atoms with Crippen LogP contribution in [0.15, 0.2) is 11.8 Å². The van der Waals surface area contributed by atoms with Crippen LogP contribution in [0.1, 0.15) is 40.0 Å². The molecule has 0 bridgehead atoms. The zero-order chi connectivity index (χ0) is 8.69. The Morgan fingerprint density at radius 3 is 2.27 bits per heavy atom. The summed E-state index contributed by atoms with van der Waals surface area (Å²) < 4.78 is 0. The number of nitrogens with zero attached hydrogens (tertiary/aromatic N) is 1. The lowest BCUT2D eigenvalue weighted by molar-refractivity contribution is 0.403. The van der Waals surface area contributed by atoms with Crippen molar-refractivity contribution >= 4 is 0 Å². The van der Waals surface area contributed by atoms with Crippen molar-refractivity contribution in [3.63, 3.8) is 0 Å². The summed E-state index contributed by atoms with van der Waals surface area (Å²) in [6, 6.07) is 0. The van der Waals surface area contributed by atoms with Crippen LogP contribution in [0.25, 0.3) is 0 Å². The number of allylic oxidation sites excluding steroid dienone is 2. The minimum Gasteiger partial charge on any atom is -0.378 e. The van der Waals surface area contributed by atoms with Gasteiger partial charge in [0.1, 0.15) is 0 Å². The van der Waals surface area contributed by atoms with Gasteiger partial charge in [0.15, 0.2) is 0 Å². The van der Waals surface area contributed by atoms with Crippen LogP contribution in [0.2, 0.25) is 0 Å². The third kappa shape index (κ3) is 4.07. The summed E-state index contributed by atoms with van der Waals surface area (Å²) >= 11 is 0. The van der Waals surface area contributed by atoms with Crippen LogP contribution in [0.4, 0.5) is 0 Å². The average Bonchev–Trinajstić information content (AvgIpc) is 2.00. The van der Waals surface area contributed by atoms with E-state index in [0.29, 0.717) is 0 Å². The van der Waals surface area contributed by atoms with E-state index in [0.717, 1.165) is 12.8 Å². The minimum absolute atomic E-state index is 1.15. The highest BCUT2D eigenvalue weighted by Crippen LogP contribution is 2.07. The lowest BCUT2D eigenvalue weighted by Crippen LogP contribution is -2.17. The maximum atomic E-state index is 2.35. The van der Waals surface area contributed by atoms with Crippen LogP contribution < -0.4 is 0 Å². The molecule has 0 aromatic heterocycles. The summed E-state index contributed by atoms with van der Waals surface area (Å²) in [6.45, 7) is 7.80. The van der Waals surface area contributed by atoms with E-state index in [2.05, 4.69) is 38.8 Å². The minimum atomic E-state index is 1.15. The second-order valence-electron chi connectivity index (χ2n) is 2.88. The summed E-state index contributed by atoms with van der Waals surface area (Å²) in [6.07, 6.45) is 5.86.